The third-order valence-corrected chi connectivity index (χ3v) is 7.17. The first kappa shape index (κ1) is 17.1. The molecule has 5 rings (SSSR count). The van der Waals surface area contributed by atoms with E-state index in [1.165, 1.54) is 36.3 Å². The van der Waals surface area contributed by atoms with Gasteiger partial charge in [0.15, 0.2) is 0 Å². The van der Waals surface area contributed by atoms with Gasteiger partial charge in [-0.3, -0.25) is 9.36 Å². The second kappa shape index (κ2) is 6.87. The Morgan fingerprint density at radius 2 is 1.85 bits per heavy atom. The predicted octanol–water partition coefficient (Wildman–Crippen LogP) is 3.26. The van der Waals surface area contributed by atoms with E-state index in [4.69, 9.17) is 4.98 Å². The summed E-state index contributed by atoms with van der Waals surface area (Å²) in [5, 5.41) is 1.05. The molecule has 0 unspecified atom stereocenters. The number of aromatic nitrogens is 3. The summed E-state index contributed by atoms with van der Waals surface area (Å²) in [5.41, 5.74) is 2.11. The number of likely N-dealkylation sites (N-methyl/N-ethyl adjacent to an activating group) is 1. The second-order valence-electron chi connectivity index (χ2n) is 7.83. The maximum atomic E-state index is 13.2. The largest absolute Gasteiger partial charge is 0.368 e. The minimum atomic E-state index is 0.110. The van der Waals surface area contributed by atoms with E-state index in [1.54, 1.807) is 6.33 Å². The van der Waals surface area contributed by atoms with Crippen molar-refractivity contribution in [3.05, 3.63) is 28.9 Å². The lowest BCUT2D eigenvalue weighted by atomic mass is 9.95. The van der Waals surface area contributed by atoms with Crippen molar-refractivity contribution in [1.29, 1.82) is 0 Å². The smallest absolute Gasteiger partial charge is 0.271 e. The lowest BCUT2D eigenvalue weighted by molar-refractivity contribution is 0.313. The molecule has 1 aliphatic carbocycles. The summed E-state index contributed by atoms with van der Waals surface area (Å²) < 4.78 is 2.64. The van der Waals surface area contributed by atoms with Crippen LogP contribution in [0.1, 0.15) is 38.1 Å². The molecule has 7 heteroatoms. The predicted molar refractivity (Wildman–Crippen MR) is 111 cm³/mol. The molecule has 0 spiro atoms. The molecule has 0 radical (unpaired) electrons. The molecule has 0 atom stereocenters. The molecule has 27 heavy (non-hydrogen) atoms. The molecule has 142 valence electrons. The van der Waals surface area contributed by atoms with E-state index in [0.717, 1.165) is 59.5 Å². The molecule has 0 N–H and O–H groups in total. The number of piperazine rings is 1. The normalized spacial score (nSPS) is 20.0. The van der Waals surface area contributed by atoms with Crippen molar-refractivity contribution >= 4 is 37.5 Å². The molecule has 1 saturated carbocycles. The first-order valence-electron chi connectivity index (χ1n) is 9.94. The Hall–Kier alpha value is -1.99. The van der Waals surface area contributed by atoms with Gasteiger partial charge < -0.3 is 9.80 Å². The minimum absolute atomic E-state index is 0.110. The van der Waals surface area contributed by atoms with E-state index in [2.05, 4.69) is 27.9 Å². The molecule has 3 aromatic heterocycles. The number of pyridine rings is 1. The molecule has 2 aliphatic rings. The fourth-order valence-corrected chi connectivity index (χ4v) is 5.53. The molecule has 1 saturated heterocycles. The molecule has 2 fully saturated rings. The van der Waals surface area contributed by atoms with Crippen molar-refractivity contribution in [3.8, 4) is 0 Å². The van der Waals surface area contributed by atoms with Gasteiger partial charge in [0.25, 0.3) is 5.56 Å². The number of anilines is 1. The van der Waals surface area contributed by atoms with Gasteiger partial charge in [-0.1, -0.05) is 19.3 Å². The summed E-state index contributed by atoms with van der Waals surface area (Å²) in [5.74, 6) is 0. The van der Waals surface area contributed by atoms with Crippen LogP contribution >= 0.6 is 11.3 Å². The highest BCUT2D eigenvalue weighted by molar-refractivity contribution is 7.25. The summed E-state index contributed by atoms with van der Waals surface area (Å²) in [6.07, 6.45) is 9.51. The lowest BCUT2D eigenvalue weighted by Crippen LogP contribution is -2.44. The Kier molecular flexibility index (Phi) is 4.36. The molecule has 4 heterocycles. The number of nitrogens with zero attached hydrogens (tertiary/aromatic N) is 5. The summed E-state index contributed by atoms with van der Waals surface area (Å²) >= 11 is 1.50. The fourth-order valence-electron chi connectivity index (χ4n) is 4.48. The van der Waals surface area contributed by atoms with Crippen molar-refractivity contribution in [2.24, 2.45) is 0 Å². The van der Waals surface area contributed by atoms with Crippen LogP contribution in [-0.2, 0) is 0 Å². The summed E-state index contributed by atoms with van der Waals surface area (Å²) in [6, 6.07) is 2.38. The van der Waals surface area contributed by atoms with Crippen LogP contribution in [0, 0.1) is 0 Å². The van der Waals surface area contributed by atoms with Gasteiger partial charge in [-0.05, 0) is 26.0 Å². The van der Waals surface area contributed by atoms with Gasteiger partial charge in [0.1, 0.15) is 9.53 Å². The number of fused-ring (bicyclic) bond motifs is 3. The molecule has 0 aromatic carbocycles. The van der Waals surface area contributed by atoms with Gasteiger partial charge in [-0.25, -0.2) is 9.97 Å². The number of hydrogen-bond donors (Lipinski definition) is 0. The van der Waals surface area contributed by atoms with Crippen LogP contribution in [0.2, 0.25) is 0 Å². The second-order valence-corrected chi connectivity index (χ2v) is 8.83. The van der Waals surface area contributed by atoms with Crippen LogP contribution in [0.5, 0.6) is 0 Å². The van der Waals surface area contributed by atoms with Crippen LogP contribution in [0.4, 0.5) is 5.69 Å². The van der Waals surface area contributed by atoms with Crippen molar-refractivity contribution in [2.75, 3.05) is 38.1 Å². The number of hydrogen-bond acceptors (Lipinski definition) is 6. The third-order valence-electron chi connectivity index (χ3n) is 6.10. The first-order chi connectivity index (χ1) is 13.2. The molecule has 1 aliphatic heterocycles. The monoisotopic (exact) mass is 383 g/mol. The Morgan fingerprint density at radius 1 is 1.07 bits per heavy atom. The standard InChI is InChI=1S/C20H25N5OS/c1-23-9-11-24(12-10-23)15-7-8-21-19-16(15)17-18(27-19)20(26)25(13-22-17)14-5-3-2-4-6-14/h7-8,13-14H,2-6,9-12H2,1H3. The lowest BCUT2D eigenvalue weighted by Gasteiger charge is -2.34. The van der Waals surface area contributed by atoms with Crippen LogP contribution in [0.3, 0.4) is 0 Å². The molecular formula is C20H25N5OS. The quantitative estimate of drug-likeness (QED) is 0.680. The molecular weight excluding hydrogens is 358 g/mol. The van der Waals surface area contributed by atoms with E-state index < -0.39 is 0 Å². The van der Waals surface area contributed by atoms with Gasteiger partial charge in [0, 0.05) is 38.4 Å². The van der Waals surface area contributed by atoms with Crippen LogP contribution < -0.4 is 10.5 Å². The van der Waals surface area contributed by atoms with Crippen molar-refractivity contribution in [2.45, 2.75) is 38.1 Å². The van der Waals surface area contributed by atoms with Gasteiger partial charge in [-0.2, -0.15) is 0 Å². The topological polar surface area (TPSA) is 54.3 Å². The van der Waals surface area contributed by atoms with Gasteiger partial charge in [-0.15, -0.1) is 11.3 Å². The highest BCUT2D eigenvalue weighted by Crippen LogP contribution is 2.37. The molecule has 0 bridgehead atoms. The van der Waals surface area contributed by atoms with Crippen LogP contribution in [0.15, 0.2) is 23.4 Å². The highest BCUT2D eigenvalue weighted by Gasteiger charge is 2.23. The van der Waals surface area contributed by atoms with Crippen molar-refractivity contribution in [1.82, 2.24) is 19.4 Å². The van der Waals surface area contributed by atoms with Gasteiger partial charge in [0.05, 0.1) is 22.9 Å². The van der Waals surface area contributed by atoms with Gasteiger partial charge in [0.2, 0.25) is 0 Å². The Balaban J connectivity index is 1.63. The van der Waals surface area contributed by atoms with Crippen LogP contribution in [-0.4, -0.2) is 52.7 Å². The average Bonchev–Trinajstić information content (AvgIpc) is 3.09. The number of thiophene rings is 1. The Morgan fingerprint density at radius 3 is 2.63 bits per heavy atom. The first-order valence-corrected chi connectivity index (χ1v) is 10.8. The molecule has 0 amide bonds. The summed E-state index contributed by atoms with van der Waals surface area (Å²) in [7, 11) is 2.16. The number of rotatable bonds is 2. The summed E-state index contributed by atoms with van der Waals surface area (Å²) in [6.45, 7) is 4.08. The minimum Gasteiger partial charge on any atom is -0.368 e. The van der Waals surface area contributed by atoms with Crippen molar-refractivity contribution in [3.63, 3.8) is 0 Å². The Labute approximate surface area is 162 Å². The fraction of sp³-hybridized carbons (Fsp3) is 0.550. The van der Waals surface area contributed by atoms with Gasteiger partial charge >= 0.3 is 0 Å². The van der Waals surface area contributed by atoms with Crippen molar-refractivity contribution < 1.29 is 0 Å². The van der Waals surface area contributed by atoms with E-state index in [0.29, 0.717) is 6.04 Å². The maximum absolute atomic E-state index is 13.2. The maximum Gasteiger partial charge on any atom is 0.271 e. The molecule has 6 nitrogen and oxygen atoms in total. The molecule has 3 aromatic rings. The zero-order chi connectivity index (χ0) is 18.4. The highest BCUT2D eigenvalue weighted by atomic mass is 32.1. The van der Waals surface area contributed by atoms with E-state index in [9.17, 15) is 4.79 Å². The van der Waals surface area contributed by atoms with E-state index >= 15 is 0 Å². The zero-order valence-corrected chi connectivity index (χ0v) is 16.5. The van der Waals surface area contributed by atoms with Crippen LogP contribution in [0.25, 0.3) is 20.4 Å². The summed E-state index contributed by atoms with van der Waals surface area (Å²) in [4.78, 5) is 28.2. The third kappa shape index (κ3) is 2.93. The SMILES string of the molecule is CN1CCN(c2ccnc3sc4c(=O)n(C5CCCCC5)cnc4c23)CC1. The average molecular weight is 384 g/mol. The van der Waals surface area contributed by atoms with E-state index in [1.807, 2.05) is 10.8 Å². The van der Waals surface area contributed by atoms with E-state index in [-0.39, 0.29) is 5.56 Å². The zero-order valence-electron chi connectivity index (χ0n) is 15.7. The Bertz CT molecular complexity index is 1030.